The van der Waals surface area contributed by atoms with E-state index in [1.54, 1.807) is 6.26 Å². The lowest BCUT2D eigenvalue weighted by Crippen LogP contribution is -2.26. The van der Waals surface area contributed by atoms with E-state index in [1.807, 2.05) is 0 Å². The molecule has 2 aliphatic rings. The molecule has 4 rings (SSSR count). The van der Waals surface area contributed by atoms with E-state index in [2.05, 4.69) is 11.7 Å². The fourth-order valence-electron chi connectivity index (χ4n) is 5.49. The van der Waals surface area contributed by atoms with Gasteiger partial charge in [-0.05, 0) is 73.6 Å². The van der Waals surface area contributed by atoms with Crippen LogP contribution in [-0.2, 0) is 10.8 Å². The number of halogens is 7. The smallest absolute Gasteiger partial charge is 0.432 e. The molecule has 9 heteroatoms. The summed E-state index contributed by atoms with van der Waals surface area (Å²) in [5.41, 5.74) is -0.507. The minimum Gasteiger partial charge on any atom is -0.493 e. The van der Waals surface area contributed by atoms with E-state index in [4.69, 9.17) is 4.74 Å². The molecule has 0 N–H and O–H groups in total. The average molecular weight is 545 g/mol. The van der Waals surface area contributed by atoms with E-state index in [0.717, 1.165) is 30.9 Å². The standard InChI is InChI=1S/C29H31F7O2/c1-2-3-4-5-17-6-8-18(9-7-17)19-10-11-26(37-16-19)20-12-22(30)27(23(31)13-20)29(35,36)38-21-14-24(32)28(34)25(33)15-21/h12-18,26H,2-11H2,1H3. The lowest BCUT2D eigenvalue weighted by atomic mass is 9.75. The van der Waals surface area contributed by atoms with Crippen molar-refractivity contribution >= 4 is 0 Å². The molecule has 1 aliphatic carbocycles. The normalized spacial score (nSPS) is 22.1. The molecule has 1 aliphatic heterocycles. The van der Waals surface area contributed by atoms with Gasteiger partial charge in [0.2, 0.25) is 0 Å². The summed E-state index contributed by atoms with van der Waals surface area (Å²) < 4.78 is 108. The molecule has 2 aromatic rings. The molecule has 2 nitrogen and oxygen atoms in total. The fraction of sp³-hybridized carbons (Fsp3) is 0.517. The summed E-state index contributed by atoms with van der Waals surface area (Å²) >= 11 is 0. The van der Waals surface area contributed by atoms with Crippen LogP contribution >= 0.6 is 0 Å². The van der Waals surface area contributed by atoms with Gasteiger partial charge in [-0.2, -0.15) is 8.78 Å². The van der Waals surface area contributed by atoms with Crippen LogP contribution in [-0.4, -0.2) is 0 Å². The lowest BCUT2D eigenvalue weighted by molar-refractivity contribution is -0.189. The number of alkyl halides is 2. The van der Waals surface area contributed by atoms with Crippen molar-refractivity contribution in [1.82, 2.24) is 0 Å². The van der Waals surface area contributed by atoms with Crippen LogP contribution in [0.15, 0.2) is 36.1 Å². The van der Waals surface area contributed by atoms with Gasteiger partial charge >= 0.3 is 6.11 Å². The zero-order valence-electron chi connectivity index (χ0n) is 21.2. The van der Waals surface area contributed by atoms with Gasteiger partial charge in [0.05, 0.1) is 6.26 Å². The van der Waals surface area contributed by atoms with Crippen molar-refractivity contribution in [2.24, 2.45) is 11.8 Å². The van der Waals surface area contributed by atoms with Crippen molar-refractivity contribution in [3.8, 4) is 5.75 Å². The second-order valence-corrected chi connectivity index (χ2v) is 10.2. The highest BCUT2D eigenvalue weighted by Gasteiger charge is 2.42. The Balaban J connectivity index is 1.40. The van der Waals surface area contributed by atoms with Crippen LogP contribution in [0.5, 0.6) is 5.75 Å². The number of unbranched alkanes of at least 4 members (excludes halogenated alkanes) is 2. The minimum atomic E-state index is -4.63. The summed E-state index contributed by atoms with van der Waals surface area (Å²) in [6, 6.07) is 1.81. The molecule has 38 heavy (non-hydrogen) atoms. The van der Waals surface area contributed by atoms with E-state index < -0.39 is 52.6 Å². The van der Waals surface area contributed by atoms with Crippen LogP contribution in [0, 0.1) is 40.9 Å². The van der Waals surface area contributed by atoms with E-state index in [-0.39, 0.29) is 17.7 Å². The lowest BCUT2D eigenvalue weighted by Gasteiger charge is -2.33. The van der Waals surface area contributed by atoms with Crippen molar-refractivity contribution in [3.05, 3.63) is 76.3 Å². The first-order chi connectivity index (χ1) is 18.1. The average Bonchev–Trinajstić information content (AvgIpc) is 2.87. The van der Waals surface area contributed by atoms with Crippen molar-refractivity contribution in [3.63, 3.8) is 0 Å². The van der Waals surface area contributed by atoms with Gasteiger partial charge in [-0.15, -0.1) is 0 Å². The number of ether oxygens (including phenoxy) is 2. The third-order valence-electron chi connectivity index (χ3n) is 7.60. The molecule has 0 spiro atoms. The monoisotopic (exact) mass is 544 g/mol. The summed E-state index contributed by atoms with van der Waals surface area (Å²) in [6.45, 7) is 2.20. The summed E-state index contributed by atoms with van der Waals surface area (Å²) in [4.78, 5) is 0. The zero-order valence-corrected chi connectivity index (χ0v) is 21.2. The third kappa shape index (κ3) is 6.46. The zero-order chi connectivity index (χ0) is 27.4. The molecule has 0 radical (unpaired) electrons. The molecule has 0 amide bonds. The maximum absolute atomic E-state index is 14.7. The quantitative estimate of drug-likeness (QED) is 0.178. The highest BCUT2D eigenvalue weighted by atomic mass is 19.3. The van der Waals surface area contributed by atoms with Crippen LogP contribution < -0.4 is 4.74 Å². The van der Waals surface area contributed by atoms with Crippen LogP contribution in [0.1, 0.15) is 88.4 Å². The Morgan fingerprint density at radius 3 is 2.03 bits per heavy atom. The molecule has 1 saturated carbocycles. The molecule has 1 fully saturated rings. The number of hydrogen-bond acceptors (Lipinski definition) is 2. The van der Waals surface area contributed by atoms with E-state index in [1.165, 1.54) is 44.1 Å². The number of hydrogen-bond donors (Lipinski definition) is 0. The van der Waals surface area contributed by atoms with Gasteiger partial charge in [-0.25, -0.2) is 22.0 Å². The van der Waals surface area contributed by atoms with Gasteiger partial charge in [-0.1, -0.05) is 32.6 Å². The van der Waals surface area contributed by atoms with E-state index in [9.17, 15) is 30.7 Å². The molecule has 1 heterocycles. The van der Waals surface area contributed by atoms with Gasteiger partial charge < -0.3 is 9.47 Å². The molecule has 1 unspecified atom stereocenters. The van der Waals surface area contributed by atoms with Crippen LogP contribution in [0.4, 0.5) is 30.7 Å². The Morgan fingerprint density at radius 1 is 0.842 bits per heavy atom. The topological polar surface area (TPSA) is 18.5 Å². The molecule has 1 atom stereocenters. The number of rotatable bonds is 9. The van der Waals surface area contributed by atoms with Crippen LogP contribution in [0.2, 0.25) is 0 Å². The third-order valence-corrected chi connectivity index (χ3v) is 7.60. The second kappa shape index (κ2) is 12.0. The first-order valence-electron chi connectivity index (χ1n) is 13.1. The second-order valence-electron chi connectivity index (χ2n) is 10.2. The Morgan fingerprint density at radius 2 is 1.47 bits per heavy atom. The Hall–Kier alpha value is -2.71. The SMILES string of the molecule is CCCCCC1CCC(C2=COC(c3cc(F)c(C(F)(F)Oc4cc(F)c(F)c(F)c4)c(F)c3)CC2)CC1. The van der Waals surface area contributed by atoms with Gasteiger partial charge in [0.1, 0.15) is 29.1 Å². The Bertz CT molecular complexity index is 1110. The van der Waals surface area contributed by atoms with Crippen molar-refractivity contribution in [1.29, 1.82) is 0 Å². The van der Waals surface area contributed by atoms with Crippen LogP contribution in [0.3, 0.4) is 0 Å². The number of benzene rings is 2. The van der Waals surface area contributed by atoms with E-state index >= 15 is 0 Å². The van der Waals surface area contributed by atoms with Crippen molar-refractivity contribution < 1.29 is 40.2 Å². The predicted octanol–water partition coefficient (Wildman–Crippen LogP) is 9.63. The molecule has 0 saturated heterocycles. The van der Waals surface area contributed by atoms with Gasteiger partial charge in [0.15, 0.2) is 17.5 Å². The van der Waals surface area contributed by atoms with E-state index in [0.29, 0.717) is 18.8 Å². The van der Waals surface area contributed by atoms with Crippen molar-refractivity contribution in [2.45, 2.75) is 83.3 Å². The summed E-state index contributed by atoms with van der Waals surface area (Å²) in [5.74, 6) is -8.60. The molecular formula is C29H31F7O2. The highest BCUT2D eigenvalue weighted by molar-refractivity contribution is 5.32. The fourth-order valence-corrected chi connectivity index (χ4v) is 5.49. The van der Waals surface area contributed by atoms with Gasteiger partial charge in [-0.3, -0.25) is 0 Å². The molecular weight excluding hydrogens is 513 g/mol. The molecule has 2 aromatic carbocycles. The summed E-state index contributed by atoms with van der Waals surface area (Å²) in [5, 5.41) is 0. The summed E-state index contributed by atoms with van der Waals surface area (Å²) in [6.07, 6.45) is 7.00. The minimum absolute atomic E-state index is 0.0494. The first kappa shape index (κ1) is 28.3. The van der Waals surface area contributed by atoms with Crippen molar-refractivity contribution in [2.75, 3.05) is 0 Å². The van der Waals surface area contributed by atoms with Crippen LogP contribution in [0.25, 0.3) is 0 Å². The Labute approximate surface area is 217 Å². The maximum atomic E-state index is 14.7. The molecule has 208 valence electrons. The maximum Gasteiger partial charge on any atom is 0.432 e. The first-order valence-corrected chi connectivity index (χ1v) is 13.1. The van der Waals surface area contributed by atoms with Gasteiger partial charge in [0.25, 0.3) is 0 Å². The highest BCUT2D eigenvalue weighted by Crippen LogP contribution is 2.42. The molecule has 0 aromatic heterocycles. The predicted molar refractivity (Wildman–Crippen MR) is 128 cm³/mol. The number of allylic oxidation sites excluding steroid dienone is 1. The largest absolute Gasteiger partial charge is 0.493 e. The summed E-state index contributed by atoms with van der Waals surface area (Å²) in [7, 11) is 0. The van der Waals surface area contributed by atoms with Gasteiger partial charge in [0, 0.05) is 12.1 Å². The molecule has 0 bridgehead atoms. The Kier molecular flexibility index (Phi) is 8.93.